The zero-order valence-electron chi connectivity index (χ0n) is 9.69. The molecule has 0 aliphatic heterocycles. The minimum atomic E-state index is -1.06. The average molecular weight is 272 g/mol. The highest BCUT2D eigenvalue weighted by Gasteiger charge is 2.04. The number of carboxylic acids is 1. The van der Waals surface area contributed by atoms with Gasteiger partial charge in [-0.05, 0) is 18.6 Å². The molecule has 0 unspecified atom stereocenters. The smallest absolute Gasteiger partial charge is 0.322 e. The molecule has 1 rings (SSSR count). The van der Waals surface area contributed by atoms with Crippen molar-refractivity contribution in [2.45, 2.75) is 12.8 Å². The third-order valence-electron chi connectivity index (χ3n) is 2.08. The number of carboxylic acid groups (broad SMARTS) is 1. The molecule has 0 bridgehead atoms. The third-order valence-corrected chi connectivity index (χ3v) is 2.39. The number of amides is 1. The summed E-state index contributed by atoms with van der Waals surface area (Å²) in [7, 11) is 0. The molecule has 2 N–H and O–H groups in total. The van der Waals surface area contributed by atoms with Crippen molar-refractivity contribution in [1.29, 1.82) is 0 Å². The lowest BCUT2D eigenvalue weighted by Gasteiger charge is -2.07. The van der Waals surface area contributed by atoms with Gasteiger partial charge in [-0.15, -0.1) is 0 Å². The van der Waals surface area contributed by atoms with E-state index in [1.54, 1.807) is 24.3 Å². The van der Waals surface area contributed by atoms with Crippen LogP contribution in [0.15, 0.2) is 24.3 Å². The van der Waals surface area contributed by atoms with Gasteiger partial charge in [0, 0.05) is 6.42 Å². The van der Waals surface area contributed by atoms with Gasteiger partial charge in [-0.2, -0.15) is 0 Å². The number of benzene rings is 1. The zero-order valence-corrected chi connectivity index (χ0v) is 10.4. The topological polar surface area (TPSA) is 75.6 Å². The Morgan fingerprint density at radius 3 is 2.72 bits per heavy atom. The number of para-hydroxylation sites is 1. The summed E-state index contributed by atoms with van der Waals surface area (Å²) >= 11 is 5.88. The summed E-state index contributed by atoms with van der Waals surface area (Å²) in [5.74, 6) is -0.791. The first-order valence-corrected chi connectivity index (χ1v) is 5.83. The van der Waals surface area contributed by atoms with Crippen LogP contribution in [0.25, 0.3) is 0 Å². The van der Waals surface area contributed by atoms with Crippen LogP contribution in [0.2, 0.25) is 5.02 Å². The average Bonchev–Trinajstić information content (AvgIpc) is 2.34. The van der Waals surface area contributed by atoms with E-state index in [2.05, 4.69) is 5.32 Å². The van der Waals surface area contributed by atoms with Gasteiger partial charge in [-0.3, -0.25) is 9.59 Å². The maximum absolute atomic E-state index is 11.2. The zero-order chi connectivity index (χ0) is 13.4. The second kappa shape index (κ2) is 7.55. The van der Waals surface area contributed by atoms with Crippen molar-refractivity contribution in [2.24, 2.45) is 0 Å². The van der Waals surface area contributed by atoms with Crippen LogP contribution in [0.5, 0.6) is 5.75 Å². The number of halogens is 1. The van der Waals surface area contributed by atoms with Crippen molar-refractivity contribution in [3.63, 3.8) is 0 Å². The van der Waals surface area contributed by atoms with E-state index in [9.17, 15) is 9.59 Å². The van der Waals surface area contributed by atoms with Crippen molar-refractivity contribution in [3.05, 3.63) is 29.3 Å². The summed E-state index contributed by atoms with van der Waals surface area (Å²) in [5.41, 5.74) is 0. The number of carbonyl (C=O) groups is 2. The first-order chi connectivity index (χ1) is 8.59. The molecule has 0 aromatic heterocycles. The molecule has 5 nitrogen and oxygen atoms in total. The highest BCUT2D eigenvalue weighted by atomic mass is 35.5. The van der Waals surface area contributed by atoms with E-state index in [0.717, 1.165) is 0 Å². The van der Waals surface area contributed by atoms with Crippen LogP contribution in [0.3, 0.4) is 0 Å². The number of hydrogen-bond donors (Lipinski definition) is 2. The van der Waals surface area contributed by atoms with Crippen LogP contribution in [-0.2, 0) is 9.59 Å². The Hall–Kier alpha value is -1.75. The lowest BCUT2D eigenvalue weighted by Crippen LogP contribution is -2.29. The van der Waals surface area contributed by atoms with Crippen LogP contribution in [0.4, 0.5) is 0 Å². The largest absolute Gasteiger partial charge is 0.492 e. The quantitative estimate of drug-likeness (QED) is 0.740. The first kappa shape index (κ1) is 14.3. The molecule has 0 aliphatic rings. The minimum Gasteiger partial charge on any atom is -0.492 e. The number of carbonyl (C=O) groups excluding carboxylic acids is 1. The Bertz CT molecular complexity index is 422. The Balaban J connectivity index is 2.17. The number of rotatable bonds is 7. The highest BCUT2D eigenvalue weighted by molar-refractivity contribution is 6.32. The Kier molecular flexibility index (Phi) is 6.00. The Morgan fingerprint density at radius 2 is 2.06 bits per heavy atom. The first-order valence-electron chi connectivity index (χ1n) is 5.45. The molecule has 0 fully saturated rings. The molecule has 98 valence electrons. The van der Waals surface area contributed by atoms with Crippen LogP contribution in [0.1, 0.15) is 12.8 Å². The van der Waals surface area contributed by atoms with E-state index in [1.165, 1.54) is 0 Å². The van der Waals surface area contributed by atoms with E-state index in [4.69, 9.17) is 21.4 Å². The van der Waals surface area contributed by atoms with E-state index in [1.807, 2.05) is 0 Å². The van der Waals surface area contributed by atoms with Crippen LogP contribution in [-0.4, -0.2) is 30.1 Å². The molecule has 0 aliphatic carbocycles. The van der Waals surface area contributed by atoms with Gasteiger partial charge < -0.3 is 15.2 Å². The van der Waals surface area contributed by atoms with E-state index < -0.39 is 5.97 Å². The summed E-state index contributed by atoms with van der Waals surface area (Å²) in [4.78, 5) is 21.4. The van der Waals surface area contributed by atoms with Gasteiger partial charge in [0.25, 0.3) is 0 Å². The number of nitrogens with one attached hydrogen (secondary N) is 1. The molecule has 18 heavy (non-hydrogen) atoms. The highest BCUT2D eigenvalue weighted by Crippen LogP contribution is 2.23. The second-order valence-corrected chi connectivity index (χ2v) is 3.96. The fourth-order valence-corrected chi connectivity index (χ4v) is 1.43. The van der Waals surface area contributed by atoms with Gasteiger partial charge in [0.2, 0.25) is 5.91 Å². The van der Waals surface area contributed by atoms with Gasteiger partial charge in [0.1, 0.15) is 12.3 Å². The van der Waals surface area contributed by atoms with Gasteiger partial charge >= 0.3 is 5.97 Å². The number of hydrogen-bond acceptors (Lipinski definition) is 3. The molecular weight excluding hydrogens is 258 g/mol. The maximum atomic E-state index is 11.2. The Morgan fingerprint density at radius 1 is 1.33 bits per heavy atom. The predicted molar refractivity (Wildman–Crippen MR) is 66.8 cm³/mol. The van der Waals surface area contributed by atoms with Crippen LogP contribution >= 0.6 is 11.6 Å². The molecule has 0 spiro atoms. The van der Waals surface area contributed by atoms with Gasteiger partial charge in [0.05, 0.1) is 11.6 Å². The normalized spacial score (nSPS) is 9.83. The molecule has 0 radical (unpaired) electrons. The van der Waals surface area contributed by atoms with Crippen molar-refractivity contribution in [2.75, 3.05) is 13.2 Å². The molecule has 0 atom stereocenters. The van der Waals surface area contributed by atoms with Crippen molar-refractivity contribution < 1.29 is 19.4 Å². The third kappa shape index (κ3) is 5.54. The summed E-state index contributed by atoms with van der Waals surface area (Å²) in [5, 5.41) is 11.2. The fourth-order valence-electron chi connectivity index (χ4n) is 1.24. The second-order valence-electron chi connectivity index (χ2n) is 3.55. The van der Waals surface area contributed by atoms with Gasteiger partial charge in [-0.25, -0.2) is 0 Å². The standard InChI is InChI=1S/C12H14ClNO4/c13-9-4-1-2-5-10(9)18-7-3-6-11(15)14-8-12(16)17/h1-2,4-5H,3,6-8H2,(H,14,15)(H,16,17). The summed E-state index contributed by atoms with van der Waals surface area (Å²) in [6, 6.07) is 7.07. The molecule has 0 saturated heterocycles. The van der Waals surface area contributed by atoms with E-state index in [-0.39, 0.29) is 18.9 Å². The molecule has 1 amide bonds. The Labute approximate surface area is 110 Å². The summed E-state index contributed by atoms with van der Waals surface area (Å²) in [6.45, 7) is -0.00553. The molecule has 1 aromatic rings. The predicted octanol–water partition coefficient (Wildman–Crippen LogP) is 1.70. The molecule has 1 aromatic carbocycles. The lowest BCUT2D eigenvalue weighted by atomic mass is 10.3. The molecule has 6 heteroatoms. The fraction of sp³-hybridized carbons (Fsp3) is 0.333. The van der Waals surface area contributed by atoms with Crippen LogP contribution in [0, 0.1) is 0 Å². The summed E-state index contributed by atoms with van der Waals surface area (Å²) < 4.78 is 5.38. The maximum Gasteiger partial charge on any atom is 0.322 e. The van der Waals surface area contributed by atoms with Gasteiger partial charge in [-0.1, -0.05) is 23.7 Å². The number of ether oxygens (including phenoxy) is 1. The molecule has 0 heterocycles. The molecule has 0 saturated carbocycles. The number of aliphatic carboxylic acids is 1. The lowest BCUT2D eigenvalue weighted by molar-refractivity contribution is -0.137. The SMILES string of the molecule is O=C(O)CNC(=O)CCCOc1ccccc1Cl. The molecular formula is C12H14ClNO4. The van der Waals surface area contributed by atoms with Crippen molar-refractivity contribution >= 4 is 23.5 Å². The van der Waals surface area contributed by atoms with Crippen LogP contribution < -0.4 is 10.1 Å². The minimum absolute atomic E-state index is 0.220. The summed E-state index contributed by atoms with van der Waals surface area (Å²) in [6.07, 6.45) is 0.717. The monoisotopic (exact) mass is 271 g/mol. The van der Waals surface area contributed by atoms with Gasteiger partial charge in [0.15, 0.2) is 0 Å². The van der Waals surface area contributed by atoms with Crippen molar-refractivity contribution in [1.82, 2.24) is 5.32 Å². The van der Waals surface area contributed by atoms with Crippen molar-refractivity contribution in [3.8, 4) is 5.75 Å². The van der Waals surface area contributed by atoms with E-state index in [0.29, 0.717) is 23.8 Å². The van der Waals surface area contributed by atoms with E-state index >= 15 is 0 Å².